The van der Waals surface area contributed by atoms with E-state index in [1.165, 1.54) is 28.8 Å². The minimum Gasteiger partial charge on any atom is -0.326 e. The van der Waals surface area contributed by atoms with Gasteiger partial charge in [0.25, 0.3) is 0 Å². The molecule has 0 radical (unpaired) electrons. The summed E-state index contributed by atoms with van der Waals surface area (Å²) in [7, 11) is 0. The Morgan fingerprint density at radius 2 is 2.00 bits per heavy atom. The number of hydrogen-bond donors (Lipinski definition) is 2. The van der Waals surface area contributed by atoms with Crippen LogP contribution in [-0.2, 0) is 19.5 Å². The molecule has 1 atom stereocenters. The van der Waals surface area contributed by atoms with E-state index in [1.54, 1.807) is 0 Å². The van der Waals surface area contributed by atoms with Gasteiger partial charge < -0.3 is 11.1 Å². The molecule has 0 bridgehead atoms. The molecular formula is C17H21N3. The second-order valence-corrected chi connectivity index (χ2v) is 5.35. The third kappa shape index (κ3) is 2.74. The lowest BCUT2D eigenvalue weighted by atomic mass is 9.91. The van der Waals surface area contributed by atoms with Gasteiger partial charge in [-0.15, -0.1) is 0 Å². The van der Waals surface area contributed by atoms with E-state index in [9.17, 15) is 0 Å². The van der Waals surface area contributed by atoms with E-state index in [4.69, 9.17) is 5.73 Å². The van der Waals surface area contributed by atoms with Crippen molar-refractivity contribution in [2.45, 2.75) is 38.4 Å². The van der Waals surface area contributed by atoms with E-state index in [-0.39, 0.29) is 0 Å². The first-order valence-corrected chi connectivity index (χ1v) is 7.32. The summed E-state index contributed by atoms with van der Waals surface area (Å²) in [6.07, 6.45) is 5.44. The van der Waals surface area contributed by atoms with Crippen LogP contribution in [0.1, 0.15) is 41.3 Å². The van der Waals surface area contributed by atoms with Crippen LogP contribution < -0.4 is 11.1 Å². The number of rotatable bonds is 4. The van der Waals surface area contributed by atoms with Crippen LogP contribution >= 0.6 is 0 Å². The summed E-state index contributed by atoms with van der Waals surface area (Å²) in [6.45, 7) is 1.45. The lowest BCUT2D eigenvalue weighted by Gasteiger charge is -2.25. The number of hydrogen-bond acceptors (Lipinski definition) is 3. The summed E-state index contributed by atoms with van der Waals surface area (Å²) in [5.41, 5.74) is 10.9. The van der Waals surface area contributed by atoms with Gasteiger partial charge in [-0.05, 0) is 42.0 Å². The molecule has 0 amide bonds. The van der Waals surface area contributed by atoms with Crippen molar-refractivity contribution in [3.05, 3.63) is 65.0 Å². The Morgan fingerprint density at radius 1 is 1.15 bits per heavy atom. The molecule has 104 valence electrons. The van der Waals surface area contributed by atoms with Crippen molar-refractivity contribution in [3.63, 3.8) is 0 Å². The first-order valence-electron chi connectivity index (χ1n) is 7.32. The van der Waals surface area contributed by atoms with Gasteiger partial charge in [-0.2, -0.15) is 0 Å². The average Bonchev–Trinajstić information content (AvgIpc) is 2.53. The molecule has 1 unspecified atom stereocenters. The first kappa shape index (κ1) is 13.3. The van der Waals surface area contributed by atoms with E-state index >= 15 is 0 Å². The minimum absolute atomic E-state index is 0.366. The molecule has 1 heterocycles. The van der Waals surface area contributed by atoms with Crippen molar-refractivity contribution < 1.29 is 0 Å². The standard InChI is InChI=1S/C17H21N3/c18-11-14-5-1-2-6-15(14)12-20-16-9-3-7-13-8-4-10-19-17(13)16/h1-2,4-6,8,10,16,20H,3,7,9,11-12,18H2. The molecule has 2 aromatic rings. The molecule has 3 rings (SSSR count). The molecule has 0 spiro atoms. The monoisotopic (exact) mass is 267 g/mol. The molecule has 0 saturated heterocycles. The van der Waals surface area contributed by atoms with Gasteiger partial charge in [0.05, 0.1) is 11.7 Å². The van der Waals surface area contributed by atoms with E-state index in [0.29, 0.717) is 12.6 Å². The predicted octanol–water partition coefficient (Wildman–Crippen LogP) is 2.71. The largest absolute Gasteiger partial charge is 0.326 e. The fourth-order valence-electron chi connectivity index (χ4n) is 2.97. The number of nitrogens with zero attached hydrogens (tertiary/aromatic N) is 1. The van der Waals surface area contributed by atoms with Gasteiger partial charge in [0.15, 0.2) is 0 Å². The maximum Gasteiger partial charge on any atom is 0.0605 e. The third-order valence-electron chi connectivity index (χ3n) is 4.07. The number of fused-ring (bicyclic) bond motifs is 1. The average molecular weight is 267 g/mol. The Morgan fingerprint density at radius 3 is 2.85 bits per heavy atom. The van der Waals surface area contributed by atoms with Crippen LogP contribution in [0.15, 0.2) is 42.6 Å². The predicted molar refractivity (Wildman–Crippen MR) is 81.1 cm³/mol. The molecule has 0 aliphatic heterocycles. The molecule has 0 fully saturated rings. The second kappa shape index (κ2) is 6.16. The number of aromatic nitrogens is 1. The number of nitrogens with two attached hydrogens (primary N) is 1. The topological polar surface area (TPSA) is 50.9 Å². The van der Waals surface area contributed by atoms with Gasteiger partial charge in [0.2, 0.25) is 0 Å². The smallest absolute Gasteiger partial charge is 0.0605 e. The number of benzene rings is 1. The summed E-state index contributed by atoms with van der Waals surface area (Å²) in [4.78, 5) is 4.57. The van der Waals surface area contributed by atoms with E-state index in [2.05, 4.69) is 34.6 Å². The molecular weight excluding hydrogens is 246 g/mol. The van der Waals surface area contributed by atoms with Gasteiger partial charge >= 0.3 is 0 Å². The molecule has 1 aliphatic rings. The maximum atomic E-state index is 5.80. The normalized spacial score (nSPS) is 17.8. The zero-order valence-electron chi connectivity index (χ0n) is 11.7. The van der Waals surface area contributed by atoms with Gasteiger partial charge in [-0.3, -0.25) is 4.98 Å². The van der Waals surface area contributed by atoms with Crippen molar-refractivity contribution in [3.8, 4) is 0 Å². The quantitative estimate of drug-likeness (QED) is 0.895. The van der Waals surface area contributed by atoms with Crippen LogP contribution in [-0.4, -0.2) is 4.98 Å². The second-order valence-electron chi connectivity index (χ2n) is 5.35. The highest BCUT2D eigenvalue weighted by atomic mass is 14.9. The Labute approximate surface area is 120 Å². The number of pyridine rings is 1. The van der Waals surface area contributed by atoms with Crippen molar-refractivity contribution in [1.82, 2.24) is 10.3 Å². The van der Waals surface area contributed by atoms with E-state index in [0.717, 1.165) is 19.4 Å². The summed E-state index contributed by atoms with van der Waals surface area (Å²) in [6, 6.07) is 13.0. The molecule has 3 N–H and O–H groups in total. The summed E-state index contributed by atoms with van der Waals surface area (Å²) in [5, 5.41) is 3.65. The molecule has 0 saturated carbocycles. The van der Waals surface area contributed by atoms with Crippen molar-refractivity contribution in [1.29, 1.82) is 0 Å². The summed E-state index contributed by atoms with van der Waals surface area (Å²) < 4.78 is 0. The van der Waals surface area contributed by atoms with Crippen molar-refractivity contribution >= 4 is 0 Å². The van der Waals surface area contributed by atoms with Crippen LogP contribution in [0.2, 0.25) is 0 Å². The Balaban J connectivity index is 1.73. The van der Waals surface area contributed by atoms with Gasteiger partial charge in [-0.25, -0.2) is 0 Å². The molecule has 1 aliphatic carbocycles. The minimum atomic E-state index is 0.366. The van der Waals surface area contributed by atoms with Crippen LogP contribution in [0.4, 0.5) is 0 Å². The van der Waals surface area contributed by atoms with Crippen LogP contribution in [0, 0.1) is 0 Å². The molecule has 3 heteroatoms. The molecule has 20 heavy (non-hydrogen) atoms. The van der Waals surface area contributed by atoms with Crippen LogP contribution in [0.25, 0.3) is 0 Å². The van der Waals surface area contributed by atoms with Gasteiger partial charge in [-0.1, -0.05) is 30.3 Å². The SMILES string of the molecule is NCc1ccccc1CNC1CCCc2cccnc21. The van der Waals surface area contributed by atoms with Crippen molar-refractivity contribution in [2.75, 3.05) is 0 Å². The summed E-state index contributed by atoms with van der Waals surface area (Å²) >= 11 is 0. The number of nitrogens with one attached hydrogen (secondary N) is 1. The maximum absolute atomic E-state index is 5.80. The van der Waals surface area contributed by atoms with Crippen LogP contribution in [0.5, 0.6) is 0 Å². The highest BCUT2D eigenvalue weighted by Gasteiger charge is 2.20. The molecule has 1 aromatic heterocycles. The van der Waals surface area contributed by atoms with Gasteiger partial charge in [0.1, 0.15) is 0 Å². The third-order valence-corrected chi connectivity index (χ3v) is 4.07. The van der Waals surface area contributed by atoms with Crippen LogP contribution in [0.3, 0.4) is 0 Å². The fraction of sp³-hybridized carbons (Fsp3) is 0.353. The fourth-order valence-corrected chi connectivity index (χ4v) is 2.97. The Bertz CT molecular complexity index is 580. The lowest BCUT2D eigenvalue weighted by molar-refractivity contribution is 0.447. The van der Waals surface area contributed by atoms with E-state index in [1.807, 2.05) is 18.3 Å². The molecule has 1 aromatic carbocycles. The molecule has 3 nitrogen and oxygen atoms in total. The first-order chi connectivity index (χ1) is 9.88. The highest BCUT2D eigenvalue weighted by molar-refractivity contribution is 5.28. The Hall–Kier alpha value is -1.71. The lowest BCUT2D eigenvalue weighted by Crippen LogP contribution is -2.26. The number of aryl methyl sites for hydroxylation is 1. The summed E-state index contributed by atoms with van der Waals surface area (Å²) in [5.74, 6) is 0. The zero-order valence-corrected chi connectivity index (χ0v) is 11.7. The van der Waals surface area contributed by atoms with Crippen molar-refractivity contribution in [2.24, 2.45) is 5.73 Å². The van der Waals surface area contributed by atoms with E-state index < -0.39 is 0 Å². The zero-order chi connectivity index (χ0) is 13.8. The Kier molecular flexibility index (Phi) is 4.09. The van der Waals surface area contributed by atoms with Gasteiger partial charge in [0, 0.05) is 19.3 Å². The highest BCUT2D eigenvalue weighted by Crippen LogP contribution is 2.28.